The summed E-state index contributed by atoms with van der Waals surface area (Å²) in [6.45, 7) is -0.481. The Balaban J connectivity index is 2.04. The molecule has 1 aliphatic carbocycles. The number of sulfone groups is 1. The van der Waals surface area contributed by atoms with Crippen LogP contribution in [0, 0.1) is 5.82 Å². The van der Waals surface area contributed by atoms with Crippen molar-refractivity contribution in [1.29, 1.82) is 0 Å². The van der Waals surface area contributed by atoms with Crippen molar-refractivity contribution in [2.45, 2.75) is 21.6 Å². The summed E-state index contributed by atoms with van der Waals surface area (Å²) in [7, 11) is -3.70. The Morgan fingerprint density at radius 2 is 1.82 bits per heavy atom. The average molecular weight is 321 g/mol. The average Bonchev–Trinajstić information content (AvgIpc) is 3.16. The lowest BCUT2D eigenvalue weighted by Gasteiger charge is -2.08. The van der Waals surface area contributed by atoms with Crippen molar-refractivity contribution in [2.75, 3.05) is 6.61 Å². The van der Waals surface area contributed by atoms with Crippen LogP contribution < -0.4 is 5.73 Å². The molecule has 22 heavy (non-hydrogen) atoms. The fourth-order valence-corrected chi connectivity index (χ4v) is 5.34. The molecule has 0 aromatic heterocycles. The molecule has 0 spiro atoms. The molecule has 3 atom stereocenters. The van der Waals surface area contributed by atoms with Crippen LogP contribution in [0.15, 0.2) is 59.5 Å². The van der Waals surface area contributed by atoms with Gasteiger partial charge in [0.05, 0.1) is 22.3 Å². The van der Waals surface area contributed by atoms with E-state index in [1.807, 2.05) is 0 Å². The first-order valence-electron chi connectivity index (χ1n) is 6.85. The molecule has 0 saturated heterocycles. The van der Waals surface area contributed by atoms with E-state index in [4.69, 9.17) is 5.73 Å². The van der Waals surface area contributed by atoms with E-state index in [2.05, 4.69) is 0 Å². The van der Waals surface area contributed by atoms with Gasteiger partial charge in [-0.2, -0.15) is 0 Å². The molecule has 1 saturated carbocycles. The van der Waals surface area contributed by atoms with Crippen LogP contribution in [-0.2, 0) is 9.84 Å². The van der Waals surface area contributed by atoms with E-state index >= 15 is 0 Å². The molecule has 6 heteroatoms. The SMILES string of the molecule is NC1(CO)C(c2cccc(F)c2)C1S(=O)(=O)c1ccccc1. The minimum Gasteiger partial charge on any atom is -0.394 e. The third-order valence-electron chi connectivity index (χ3n) is 4.19. The van der Waals surface area contributed by atoms with Gasteiger partial charge in [-0.3, -0.25) is 0 Å². The molecule has 0 aliphatic heterocycles. The van der Waals surface area contributed by atoms with Crippen LogP contribution in [0.1, 0.15) is 11.5 Å². The maximum absolute atomic E-state index is 13.4. The number of benzene rings is 2. The van der Waals surface area contributed by atoms with E-state index < -0.39 is 39.0 Å². The Bertz CT molecular complexity index is 794. The first kappa shape index (κ1) is 15.1. The number of rotatable bonds is 4. The quantitative estimate of drug-likeness (QED) is 0.893. The van der Waals surface area contributed by atoms with E-state index in [-0.39, 0.29) is 4.90 Å². The molecular weight excluding hydrogens is 305 g/mol. The zero-order valence-corrected chi connectivity index (χ0v) is 12.5. The van der Waals surface area contributed by atoms with Gasteiger partial charge in [0.25, 0.3) is 0 Å². The van der Waals surface area contributed by atoms with Crippen LogP contribution in [0.3, 0.4) is 0 Å². The third-order valence-corrected chi connectivity index (χ3v) is 6.50. The predicted molar refractivity (Wildman–Crippen MR) is 80.6 cm³/mol. The van der Waals surface area contributed by atoms with E-state index in [1.165, 1.54) is 30.3 Å². The zero-order chi connectivity index (χ0) is 16.0. The molecule has 0 radical (unpaired) electrons. The maximum atomic E-state index is 13.4. The van der Waals surface area contributed by atoms with Gasteiger partial charge >= 0.3 is 0 Å². The number of aliphatic hydroxyl groups is 1. The lowest BCUT2D eigenvalue weighted by Crippen LogP contribution is -2.35. The fraction of sp³-hybridized carbons (Fsp3) is 0.250. The number of hydrogen-bond donors (Lipinski definition) is 2. The predicted octanol–water partition coefficient (Wildman–Crippen LogP) is 1.46. The van der Waals surface area contributed by atoms with Gasteiger partial charge in [-0.15, -0.1) is 0 Å². The van der Waals surface area contributed by atoms with E-state index in [9.17, 15) is 17.9 Å². The van der Waals surface area contributed by atoms with Gasteiger partial charge in [0.15, 0.2) is 9.84 Å². The first-order chi connectivity index (χ1) is 10.4. The second kappa shape index (κ2) is 5.15. The summed E-state index contributed by atoms with van der Waals surface area (Å²) >= 11 is 0. The Morgan fingerprint density at radius 3 is 2.41 bits per heavy atom. The Kier molecular flexibility index (Phi) is 3.55. The van der Waals surface area contributed by atoms with Crippen LogP contribution in [0.4, 0.5) is 4.39 Å². The van der Waals surface area contributed by atoms with Crippen molar-refractivity contribution in [3.05, 3.63) is 66.0 Å². The topological polar surface area (TPSA) is 80.4 Å². The summed E-state index contributed by atoms with van der Waals surface area (Å²) in [5, 5.41) is 8.60. The lowest BCUT2D eigenvalue weighted by molar-refractivity contribution is 0.253. The van der Waals surface area contributed by atoms with Crippen LogP contribution in [0.5, 0.6) is 0 Å². The monoisotopic (exact) mass is 321 g/mol. The van der Waals surface area contributed by atoms with Crippen LogP contribution in [0.25, 0.3) is 0 Å². The van der Waals surface area contributed by atoms with Gasteiger partial charge in [-0.25, -0.2) is 12.8 Å². The van der Waals surface area contributed by atoms with Crippen molar-refractivity contribution >= 4 is 9.84 Å². The Labute approximate surface area is 128 Å². The minimum absolute atomic E-state index is 0.155. The van der Waals surface area contributed by atoms with Gasteiger partial charge in [0, 0.05) is 5.92 Å². The molecule has 0 amide bonds. The molecule has 1 fully saturated rings. The molecule has 116 valence electrons. The summed E-state index contributed by atoms with van der Waals surface area (Å²) in [5.74, 6) is -1.08. The highest BCUT2D eigenvalue weighted by molar-refractivity contribution is 7.92. The molecule has 0 bridgehead atoms. The van der Waals surface area contributed by atoms with Gasteiger partial charge in [0.1, 0.15) is 5.82 Å². The number of hydrogen-bond acceptors (Lipinski definition) is 4. The summed E-state index contributed by atoms with van der Waals surface area (Å²) < 4.78 is 38.9. The van der Waals surface area contributed by atoms with Gasteiger partial charge in [-0.05, 0) is 29.8 Å². The highest BCUT2D eigenvalue weighted by Gasteiger charge is 2.69. The van der Waals surface area contributed by atoms with E-state index in [0.29, 0.717) is 5.56 Å². The van der Waals surface area contributed by atoms with Crippen molar-refractivity contribution in [1.82, 2.24) is 0 Å². The zero-order valence-electron chi connectivity index (χ0n) is 11.7. The van der Waals surface area contributed by atoms with Crippen molar-refractivity contribution in [3.63, 3.8) is 0 Å². The maximum Gasteiger partial charge on any atom is 0.183 e. The summed E-state index contributed by atoms with van der Waals surface area (Å²) in [6.07, 6.45) is 0. The highest BCUT2D eigenvalue weighted by atomic mass is 32.2. The van der Waals surface area contributed by atoms with Crippen molar-refractivity contribution in [2.24, 2.45) is 5.73 Å². The first-order valence-corrected chi connectivity index (χ1v) is 8.40. The molecule has 3 rings (SSSR count). The molecule has 2 aromatic rings. The normalized spacial score (nSPS) is 27.6. The molecular formula is C16H16FNO3S. The minimum atomic E-state index is -3.70. The van der Waals surface area contributed by atoms with E-state index in [1.54, 1.807) is 24.3 Å². The largest absolute Gasteiger partial charge is 0.394 e. The Hall–Kier alpha value is -1.76. The number of nitrogens with two attached hydrogens (primary N) is 1. The summed E-state index contributed by atoms with van der Waals surface area (Å²) in [6, 6.07) is 13.7. The standard InChI is InChI=1S/C16H16FNO3S/c17-12-6-4-5-11(9-12)14-15(16(14,18)10-19)22(20,21)13-7-2-1-3-8-13/h1-9,14-15,19H,10,18H2. The molecule has 0 heterocycles. The molecule has 3 unspecified atom stereocenters. The third kappa shape index (κ3) is 2.24. The Morgan fingerprint density at radius 1 is 1.14 bits per heavy atom. The summed E-state index contributed by atoms with van der Waals surface area (Å²) in [5.41, 5.74) is 5.29. The number of halogens is 1. The smallest absolute Gasteiger partial charge is 0.183 e. The highest BCUT2D eigenvalue weighted by Crippen LogP contribution is 2.55. The summed E-state index contributed by atoms with van der Waals surface area (Å²) in [4.78, 5) is 0.155. The second-order valence-corrected chi connectivity index (χ2v) is 7.65. The fourth-order valence-electron chi connectivity index (χ4n) is 3.02. The van der Waals surface area contributed by atoms with Gasteiger partial charge < -0.3 is 10.8 Å². The van der Waals surface area contributed by atoms with Crippen molar-refractivity contribution < 1.29 is 17.9 Å². The van der Waals surface area contributed by atoms with E-state index in [0.717, 1.165) is 0 Å². The molecule has 3 N–H and O–H groups in total. The van der Waals surface area contributed by atoms with Crippen LogP contribution >= 0.6 is 0 Å². The van der Waals surface area contributed by atoms with Crippen molar-refractivity contribution in [3.8, 4) is 0 Å². The lowest BCUT2D eigenvalue weighted by atomic mass is 10.1. The molecule has 4 nitrogen and oxygen atoms in total. The van der Waals surface area contributed by atoms with Gasteiger partial charge in [-0.1, -0.05) is 30.3 Å². The number of aliphatic hydroxyl groups excluding tert-OH is 1. The van der Waals surface area contributed by atoms with Crippen LogP contribution in [-0.4, -0.2) is 30.9 Å². The molecule has 1 aliphatic rings. The van der Waals surface area contributed by atoms with Crippen LogP contribution in [0.2, 0.25) is 0 Å². The van der Waals surface area contributed by atoms with Gasteiger partial charge in [0.2, 0.25) is 0 Å². The molecule has 2 aromatic carbocycles. The second-order valence-electron chi connectivity index (χ2n) is 5.58.